The Morgan fingerprint density at radius 3 is 2.37 bits per heavy atom. The zero-order valence-corrected chi connectivity index (χ0v) is 17.1. The maximum Gasteiger partial charge on any atom is 0.261 e. The summed E-state index contributed by atoms with van der Waals surface area (Å²) in [4.78, 5) is 40.4. The van der Waals surface area contributed by atoms with E-state index < -0.39 is 0 Å². The fraction of sp³-hybridized carbons (Fsp3) is 0.375. The van der Waals surface area contributed by atoms with E-state index in [2.05, 4.69) is 34.5 Å². The van der Waals surface area contributed by atoms with Crippen LogP contribution in [0.25, 0.3) is 0 Å². The second-order valence-electron chi connectivity index (χ2n) is 7.83. The molecule has 3 amide bonds. The number of amides is 3. The van der Waals surface area contributed by atoms with Crippen molar-refractivity contribution in [2.45, 2.75) is 32.1 Å². The Morgan fingerprint density at radius 2 is 1.60 bits per heavy atom. The second kappa shape index (κ2) is 9.11. The number of carbonyl (C=O) groups excluding carboxylic acids is 3. The van der Waals surface area contributed by atoms with Gasteiger partial charge in [0.25, 0.3) is 11.8 Å². The van der Waals surface area contributed by atoms with Gasteiger partial charge in [-0.1, -0.05) is 30.3 Å². The first-order chi connectivity index (χ1) is 14.6. The lowest BCUT2D eigenvalue weighted by atomic mass is 10.0. The number of aryl methyl sites for hydroxylation is 1. The van der Waals surface area contributed by atoms with Crippen molar-refractivity contribution < 1.29 is 14.4 Å². The highest BCUT2D eigenvalue weighted by molar-refractivity contribution is 6.21. The number of nitrogens with zero attached hydrogens (tertiary/aromatic N) is 2. The molecule has 0 aromatic heterocycles. The fourth-order valence-electron chi connectivity index (χ4n) is 4.27. The molecule has 30 heavy (non-hydrogen) atoms. The zero-order valence-electron chi connectivity index (χ0n) is 17.1. The van der Waals surface area contributed by atoms with E-state index >= 15 is 0 Å². The molecular formula is C24H27N3O3. The number of benzene rings is 2. The summed E-state index contributed by atoms with van der Waals surface area (Å²) in [5.41, 5.74) is 3.62. The predicted molar refractivity (Wildman–Crippen MR) is 116 cm³/mol. The summed E-state index contributed by atoms with van der Waals surface area (Å²) in [6.07, 6.45) is 3.97. The van der Waals surface area contributed by atoms with Crippen molar-refractivity contribution in [3.05, 3.63) is 65.2 Å². The molecule has 0 saturated carbocycles. The van der Waals surface area contributed by atoms with Crippen LogP contribution in [0.1, 0.15) is 52.0 Å². The molecule has 2 aliphatic heterocycles. The highest BCUT2D eigenvalue weighted by Crippen LogP contribution is 2.26. The van der Waals surface area contributed by atoms with Gasteiger partial charge in [-0.2, -0.15) is 0 Å². The van der Waals surface area contributed by atoms with E-state index in [9.17, 15) is 14.4 Å². The van der Waals surface area contributed by atoms with Crippen LogP contribution in [0, 0.1) is 0 Å². The van der Waals surface area contributed by atoms with Gasteiger partial charge < -0.3 is 10.2 Å². The van der Waals surface area contributed by atoms with E-state index in [4.69, 9.17) is 0 Å². The molecule has 2 aliphatic rings. The first-order valence-corrected chi connectivity index (χ1v) is 10.7. The summed E-state index contributed by atoms with van der Waals surface area (Å²) in [5, 5.41) is 2.96. The SMILES string of the molecule is O=C(CCCN1C(=O)c2ccccc2C1=O)NCCCN1CCCc2ccccc21. The van der Waals surface area contributed by atoms with Gasteiger partial charge in [-0.3, -0.25) is 19.3 Å². The molecule has 6 heteroatoms. The molecule has 6 nitrogen and oxygen atoms in total. The highest BCUT2D eigenvalue weighted by Gasteiger charge is 2.34. The Balaban J connectivity index is 1.16. The minimum absolute atomic E-state index is 0.0364. The minimum Gasteiger partial charge on any atom is -0.371 e. The van der Waals surface area contributed by atoms with Crippen LogP contribution in [-0.2, 0) is 11.2 Å². The van der Waals surface area contributed by atoms with E-state index in [1.54, 1.807) is 24.3 Å². The molecule has 0 radical (unpaired) electrons. The normalized spacial score (nSPS) is 15.2. The number of rotatable bonds is 8. The Hall–Kier alpha value is -3.15. The van der Waals surface area contributed by atoms with Crippen molar-refractivity contribution in [2.24, 2.45) is 0 Å². The Kier molecular flexibility index (Phi) is 6.12. The van der Waals surface area contributed by atoms with Gasteiger partial charge in [0.1, 0.15) is 0 Å². The predicted octanol–water partition coefficient (Wildman–Crippen LogP) is 3.02. The second-order valence-corrected chi connectivity index (χ2v) is 7.83. The highest BCUT2D eigenvalue weighted by atomic mass is 16.2. The summed E-state index contributed by atoms with van der Waals surface area (Å²) in [7, 11) is 0. The number of para-hydroxylation sites is 1. The van der Waals surface area contributed by atoms with Crippen LogP contribution in [0.2, 0.25) is 0 Å². The average Bonchev–Trinajstić information content (AvgIpc) is 3.02. The van der Waals surface area contributed by atoms with Gasteiger partial charge in [0.15, 0.2) is 0 Å². The van der Waals surface area contributed by atoms with E-state index in [-0.39, 0.29) is 24.3 Å². The van der Waals surface area contributed by atoms with Crippen LogP contribution < -0.4 is 10.2 Å². The van der Waals surface area contributed by atoms with Gasteiger partial charge >= 0.3 is 0 Å². The van der Waals surface area contributed by atoms with Crippen LogP contribution in [-0.4, -0.2) is 48.8 Å². The molecule has 0 aliphatic carbocycles. The lowest BCUT2D eigenvalue weighted by molar-refractivity contribution is -0.121. The topological polar surface area (TPSA) is 69.7 Å². The van der Waals surface area contributed by atoms with Crippen molar-refractivity contribution in [1.29, 1.82) is 0 Å². The van der Waals surface area contributed by atoms with Gasteiger partial charge in [0.05, 0.1) is 11.1 Å². The number of imide groups is 1. The summed E-state index contributed by atoms with van der Waals surface area (Å²) >= 11 is 0. The Labute approximate surface area is 176 Å². The number of hydrogen-bond donors (Lipinski definition) is 1. The van der Waals surface area contributed by atoms with Crippen molar-refractivity contribution in [3.63, 3.8) is 0 Å². The molecule has 0 saturated heterocycles. The number of fused-ring (bicyclic) bond motifs is 2. The standard InChI is InChI=1S/C24H27N3O3/c28-22(13-6-17-27-23(29)19-10-2-3-11-20(19)24(27)30)25-14-7-16-26-15-5-9-18-8-1-4-12-21(18)26/h1-4,8,10-12H,5-7,9,13-17H2,(H,25,28). The molecule has 0 unspecified atom stereocenters. The maximum atomic E-state index is 12.3. The number of anilines is 1. The average molecular weight is 405 g/mol. The van der Waals surface area contributed by atoms with Crippen molar-refractivity contribution in [3.8, 4) is 0 Å². The molecule has 4 rings (SSSR count). The molecule has 2 heterocycles. The van der Waals surface area contributed by atoms with E-state index in [0.717, 1.165) is 25.9 Å². The number of nitrogens with one attached hydrogen (secondary N) is 1. The van der Waals surface area contributed by atoms with E-state index in [1.807, 2.05) is 0 Å². The third-order valence-corrected chi connectivity index (χ3v) is 5.80. The van der Waals surface area contributed by atoms with Crippen molar-refractivity contribution in [1.82, 2.24) is 10.2 Å². The third-order valence-electron chi connectivity index (χ3n) is 5.80. The van der Waals surface area contributed by atoms with Crippen molar-refractivity contribution >= 4 is 23.4 Å². The molecule has 2 aromatic rings. The van der Waals surface area contributed by atoms with Gasteiger partial charge in [0, 0.05) is 38.3 Å². The van der Waals surface area contributed by atoms with Gasteiger partial charge in [-0.15, -0.1) is 0 Å². The van der Waals surface area contributed by atoms with Crippen LogP contribution in [0.3, 0.4) is 0 Å². The van der Waals surface area contributed by atoms with Crippen LogP contribution in [0.4, 0.5) is 5.69 Å². The molecule has 156 valence electrons. The summed E-state index contributed by atoms with van der Waals surface area (Å²) in [5.74, 6) is -0.568. The third kappa shape index (κ3) is 4.22. The zero-order chi connectivity index (χ0) is 20.9. The van der Waals surface area contributed by atoms with Crippen LogP contribution in [0.15, 0.2) is 48.5 Å². The molecule has 0 spiro atoms. The Morgan fingerprint density at radius 1 is 0.900 bits per heavy atom. The molecule has 0 fully saturated rings. The molecule has 2 aromatic carbocycles. The summed E-state index contributed by atoms with van der Waals surface area (Å²) < 4.78 is 0. The number of carbonyl (C=O) groups is 3. The molecule has 0 bridgehead atoms. The molecule has 0 atom stereocenters. The monoisotopic (exact) mass is 405 g/mol. The van der Waals surface area contributed by atoms with Gasteiger partial charge in [0.2, 0.25) is 5.91 Å². The fourth-order valence-corrected chi connectivity index (χ4v) is 4.27. The molecular weight excluding hydrogens is 378 g/mol. The van der Waals surface area contributed by atoms with E-state index in [0.29, 0.717) is 30.5 Å². The Bertz CT molecular complexity index is 921. The van der Waals surface area contributed by atoms with Crippen LogP contribution >= 0.6 is 0 Å². The first kappa shape index (κ1) is 20.1. The van der Waals surface area contributed by atoms with Crippen LogP contribution in [0.5, 0.6) is 0 Å². The first-order valence-electron chi connectivity index (χ1n) is 10.7. The summed E-state index contributed by atoms with van der Waals surface area (Å²) in [6, 6.07) is 15.4. The largest absolute Gasteiger partial charge is 0.371 e. The smallest absolute Gasteiger partial charge is 0.261 e. The van der Waals surface area contributed by atoms with Gasteiger partial charge in [-0.25, -0.2) is 0 Å². The summed E-state index contributed by atoms with van der Waals surface area (Å²) in [6.45, 7) is 2.88. The van der Waals surface area contributed by atoms with Gasteiger partial charge in [-0.05, 0) is 49.4 Å². The van der Waals surface area contributed by atoms with Crippen molar-refractivity contribution in [2.75, 3.05) is 31.1 Å². The quantitative estimate of drug-likeness (QED) is 0.541. The lowest BCUT2D eigenvalue weighted by Gasteiger charge is -2.31. The van der Waals surface area contributed by atoms with E-state index in [1.165, 1.54) is 22.6 Å². The molecule has 1 N–H and O–H groups in total. The maximum absolute atomic E-state index is 12.3. The lowest BCUT2D eigenvalue weighted by Crippen LogP contribution is -2.34. The number of hydrogen-bond acceptors (Lipinski definition) is 4. The minimum atomic E-state index is -0.266.